The van der Waals surface area contributed by atoms with E-state index in [9.17, 15) is 17.6 Å². The van der Waals surface area contributed by atoms with E-state index in [1.807, 2.05) is 0 Å². The fourth-order valence-electron chi connectivity index (χ4n) is 2.25. The molecule has 2 N–H and O–H groups in total. The summed E-state index contributed by atoms with van der Waals surface area (Å²) in [6.45, 7) is 2.19. The first-order valence-electron chi connectivity index (χ1n) is 7.02. The number of ether oxygens (including phenoxy) is 1. The van der Waals surface area contributed by atoms with Crippen LogP contribution in [0, 0.1) is 12.7 Å². The molecule has 1 aromatic carbocycles. The molecular formula is C14H19FN2O4S. The van der Waals surface area contributed by atoms with Crippen LogP contribution in [0.3, 0.4) is 0 Å². The molecule has 1 aliphatic rings. The molecule has 0 aliphatic carbocycles. The summed E-state index contributed by atoms with van der Waals surface area (Å²) in [6.07, 6.45) is 1.86. The summed E-state index contributed by atoms with van der Waals surface area (Å²) in [5.41, 5.74) is 0.285. The Kier molecular flexibility index (Phi) is 5.49. The van der Waals surface area contributed by atoms with Crippen LogP contribution in [-0.4, -0.2) is 40.1 Å². The van der Waals surface area contributed by atoms with Gasteiger partial charge in [0.1, 0.15) is 5.82 Å². The molecular weight excluding hydrogens is 311 g/mol. The summed E-state index contributed by atoms with van der Waals surface area (Å²) >= 11 is 0. The van der Waals surface area contributed by atoms with Gasteiger partial charge in [-0.25, -0.2) is 17.5 Å². The summed E-state index contributed by atoms with van der Waals surface area (Å²) in [5, 5.41) is 2.62. The Labute approximate surface area is 129 Å². The van der Waals surface area contributed by atoms with Crippen LogP contribution in [0.15, 0.2) is 23.1 Å². The molecule has 2 rings (SSSR count). The molecule has 1 aromatic rings. The number of aryl methyl sites for hydroxylation is 1. The van der Waals surface area contributed by atoms with E-state index in [0.29, 0.717) is 13.2 Å². The number of rotatable bonds is 6. The molecule has 6 nitrogen and oxygen atoms in total. The molecule has 1 atom stereocenters. The maximum Gasteiger partial charge on any atom is 0.241 e. The van der Waals surface area contributed by atoms with Crippen molar-refractivity contribution in [3.8, 4) is 0 Å². The Balaban J connectivity index is 1.87. The second-order valence-electron chi connectivity index (χ2n) is 5.17. The minimum atomic E-state index is -3.85. The summed E-state index contributed by atoms with van der Waals surface area (Å²) in [4.78, 5) is 11.6. The van der Waals surface area contributed by atoms with Crippen molar-refractivity contribution in [3.05, 3.63) is 29.6 Å². The quantitative estimate of drug-likeness (QED) is 0.804. The zero-order valence-electron chi connectivity index (χ0n) is 12.3. The molecule has 1 amide bonds. The van der Waals surface area contributed by atoms with Crippen molar-refractivity contribution < 1.29 is 22.3 Å². The molecule has 1 fully saturated rings. The summed E-state index contributed by atoms with van der Waals surface area (Å²) in [7, 11) is -3.85. The van der Waals surface area contributed by atoms with Gasteiger partial charge in [0.2, 0.25) is 15.9 Å². The number of halogens is 1. The van der Waals surface area contributed by atoms with Crippen LogP contribution < -0.4 is 10.0 Å². The molecule has 0 saturated carbocycles. The number of sulfonamides is 1. The zero-order chi connectivity index (χ0) is 16.2. The molecule has 8 heteroatoms. The number of amides is 1. The van der Waals surface area contributed by atoms with Gasteiger partial charge in [-0.05, 0) is 43.5 Å². The topological polar surface area (TPSA) is 84.5 Å². The maximum absolute atomic E-state index is 13.0. The number of benzene rings is 1. The van der Waals surface area contributed by atoms with E-state index in [1.54, 1.807) is 0 Å². The van der Waals surface area contributed by atoms with E-state index >= 15 is 0 Å². The van der Waals surface area contributed by atoms with Gasteiger partial charge >= 0.3 is 0 Å². The second kappa shape index (κ2) is 7.17. The second-order valence-corrected chi connectivity index (χ2v) is 6.91. The summed E-state index contributed by atoms with van der Waals surface area (Å²) in [6, 6.07) is 3.38. The SMILES string of the molecule is Cc1cc(F)ccc1S(=O)(=O)NCC(=O)NCC1CCCO1. The minimum Gasteiger partial charge on any atom is -0.376 e. The van der Waals surface area contributed by atoms with E-state index < -0.39 is 21.7 Å². The lowest BCUT2D eigenvalue weighted by atomic mass is 10.2. The van der Waals surface area contributed by atoms with Crippen LogP contribution in [0.1, 0.15) is 18.4 Å². The van der Waals surface area contributed by atoms with Crippen molar-refractivity contribution in [3.63, 3.8) is 0 Å². The molecule has 1 saturated heterocycles. The van der Waals surface area contributed by atoms with Crippen molar-refractivity contribution in [1.29, 1.82) is 0 Å². The fourth-order valence-corrected chi connectivity index (χ4v) is 3.45. The standard InChI is InChI=1S/C14H19FN2O4S/c1-10-7-11(15)4-5-13(10)22(19,20)17-9-14(18)16-8-12-3-2-6-21-12/h4-5,7,12,17H,2-3,6,8-9H2,1H3,(H,16,18). The van der Waals surface area contributed by atoms with Crippen molar-refractivity contribution in [2.45, 2.75) is 30.8 Å². The lowest BCUT2D eigenvalue weighted by Gasteiger charge is -2.12. The highest BCUT2D eigenvalue weighted by Gasteiger charge is 2.19. The van der Waals surface area contributed by atoms with E-state index in [-0.39, 0.29) is 23.1 Å². The Morgan fingerprint density at radius 3 is 2.86 bits per heavy atom. The number of nitrogens with one attached hydrogen (secondary N) is 2. The summed E-state index contributed by atoms with van der Waals surface area (Å²) in [5.74, 6) is -0.940. The van der Waals surface area contributed by atoms with Gasteiger partial charge in [0.25, 0.3) is 0 Å². The van der Waals surface area contributed by atoms with E-state index in [2.05, 4.69) is 10.0 Å². The van der Waals surface area contributed by atoms with Crippen molar-refractivity contribution in [2.24, 2.45) is 0 Å². The monoisotopic (exact) mass is 330 g/mol. The summed E-state index contributed by atoms with van der Waals surface area (Å²) < 4.78 is 44.8. The van der Waals surface area contributed by atoms with Gasteiger partial charge < -0.3 is 10.1 Å². The Morgan fingerprint density at radius 2 is 2.23 bits per heavy atom. The Hall–Kier alpha value is -1.51. The van der Waals surface area contributed by atoms with Crippen molar-refractivity contribution in [2.75, 3.05) is 19.7 Å². The lowest BCUT2D eigenvalue weighted by Crippen LogP contribution is -2.40. The molecule has 0 spiro atoms. The smallest absolute Gasteiger partial charge is 0.241 e. The first-order valence-corrected chi connectivity index (χ1v) is 8.51. The van der Waals surface area contributed by atoms with Gasteiger partial charge in [-0.15, -0.1) is 0 Å². The lowest BCUT2D eigenvalue weighted by molar-refractivity contribution is -0.120. The van der Waals surface area contributed by atoms with Crippen LogP contribution in [0.5, 0.6) is 0 Å². The highest BCUT2D eigenvalue weighted by Crippen LogP contribution is 2.15. The van der Waals surface area contributed by atoms with E-state index in [1.165, 1.54) is 13.0 Å². The fraction of sp³-hybridized carbons (Fsp3) is 0.500. The number of carbonyl (C=O) groups excluding carboxylic acids is 1. The third-order valence-corrected chi connectivity index (χ3v) is 4.96. The average molecular weight is 330 g/mol. The average Bonchev–Trinajstić information content (AvgIpc) is 2.96. The molecule has 0 aromatic heterocycles. The van der Waals surface area contributed by atoms with Crippen LogP contribution in [-0.2, 0) is 19.6 Å². The molecule has 1 heterocycles. The van der Waals surface area contributed by atoms with Gasteiger partial charge in [-0.1, -0.05) is 0 Å². The van der Waals surface area contributed by atoms with Gasteiger partial charge in [0.15, 0.2) is 0 Å². The molecule has 1 aliphatic heterocycles. The van der Waals surface area contributed by atoms with E-state index in [4.69, 9.17) is 4.74 Å². The van der Waals surface area contributed by atoms with E-state index in [0.717, 1.165) is 25.0 Å². The molecule has 122 valence electrons. The minimum absolute atomic E-state index is 0.0000925. The van der Waals surface area contributed by atoms with Gasteiger partial charge in [0, 0.05) is 13.2 Å². The van der Waals surface area contributed by atoms with Gasteiger partial charge in [-0.3, -0.25) is 4.79 Å². The molecule has 0 bridgehead atoms. The highest BCUT2D eigenvalue weighted by atomic mass is 32.2. The first-order chi connectivity index (χ1) is 10.4. The van der Waals surface area contributed by atoms with Crippen LogP contribution in [0.2, 0.25) is 0 Å². The zero-order valence-corrected chi connectivity index (χ0v) is 13.1. The van der Waals surface area contributed by atoms with Gasteiger partial charge in [-0.2, -0.15) is 0 Å². The highest BCUT2D eigenvalue weighted by molar-refractivity contribution is 7.89. The third kappa shape index (κ3) is 4.49. The number of hydrogen-bond donors (Lipinski definition) is 2. The Bertz CT molecular complexity index is 642. The number of hydrogen-bond acceptors (Lipinski definition) is 4. The normalized spacial score (nSPS) is 18.4. The van der Waals surface area contributed by atoms with Crippen LogP contribution in [0.4, 0.5) is 4.39 Å². The number of carbonyl (C=O) groups is 1. The first kappa shape index (κ1) is 16.9. The molecule has 0 radical (unpaired) electrons. The third-order valence-electron chi connectivity index (χ3n) is 3.40. The van der Waals surface area contributed by atoms with Gasteiger partial charge in [0.05, 0.1) is 17.5 Å². The predicted molar refractivity (Wildman–Crippen MR) is 78.3 cm³/mol. The van der Waals surface area contributed by atoms with Crippen molar-refractivity contribution in [1.82, 2.24) is 10.0 Å². The van der Waals surface area contributed by atoms with Crippen LogP contribution >= 0.6 is 0 Å². The largest absolute Gasteiger partial charge is 0.376 e. The molecule has 1 unspecified atom stereocenters. The van der Waals surface area contributed by atoms with Crippen LogP contribution in [0.25, 0.3) is 0 Å². The predicted octanol–water partition coefficient (Wildman–Crippen LogP) is 0.708. The Morgan fingerprint density at radius 1 is 1.45 bits per heavy atom. The molecule has 22 heavy (non-hydrogen) atoms. The maximum atomic E-state index is 13.0. The van der Waals surface area contributed by atoms with Crippen molar-refractivity contribution >= 4 is 15.9 Å².